The number of hydrogen-bond donors (Lipinski definition) is 6. The van der Waals surface area contributed by atoms with E-state index in [4.69, 9.17) is 0 Å². The summed E-state index contributed by atoms with van der Waals surface area (Å²) in [6.07, 6.45) is 4.57. The number of hydrogen-bond acceptors (Lipinski definition) is 8. The van der Waals surface area contributed by atoms with E-state index in [2.05, 4.69) is 15.8 Å². The fourth-order valence-electron chi connectivity index (χ4n) is 4.02. The van der Waals surface area contributed by atoms with Crippen LogP contribution in [0.5, 0.6) is 5.75 Å². The maximum Gasteiger partial charge on any atom is 0.287 e. The second-order valence-corrected chi connectivity index (χ2v) is 7.77. The third-order valence-electron chi connectivity index (χ3n) is 5.65. The van der Waals surface area contributed by atoms with Crippen LogP contribution >= 0.6 is 0 Å². The van der Waals surface area contributed by atoms with Crippen molar-refractivity contribution >= 4 is 22.9 Å². The summed E-state index contributed by atoms with van der Waals surface area (Å²) in [5, 5.41) is 49.7. The van der Waals surface area contributed by atoms with Crippen LogP contribution in [0.4, 0.5) is 0 Å². The van der Waals surface area contributed by atoms with Crippen molar-refractivity contribution in [3.8, 4) is 5.75 Å². The number of carbonyl (C=O) groups is 1. The third kappa shape index (κ3) is 3.98. The number of amides is 1. The lowest BCUT2D eigenvalue weighted by Gasteiger charge is -2.38. The Labute approximate surface area is 185 Å². The number of aliphatic hydroxyl groups excluding tert-OH is 3. The molecule has 3 unspecified atom stereocenters. The molecule has 2 aliphatic heterocycles. The Balaban J connectivity index is 1.65. The van der Waals surface area contributed by atoms with Gasteiger partial charge in [-0.2, -0.15) is 5.10 Å². The molecule has 2 aromatic carbocycles. The number of rotatable bonds is 6. The molecule has 1 amide bonds. The highest BCUT2D eigenvalue weighted by Crippen LogP contribution is 2.44. The minimum Gasteiger partial charge on any atom is -0.507 e. The summed E-state index contributed by atoms with van der Waals surface area (Å²) in [7, 11) is 0. The quantitative estimate of drug-likeness (QED) is 0.297. The molecule has 6 N–H and O–H groups in total. The number of nitrogens with zero attached hydrogens (tertiary/aromatic N) is 2. The van der Waals surface area contributed by atoms with Crippen LogP contribution in [0.3, 0.4) is 0 Å². The van der Waals surface area contributed by atoms with Crippen molar-refractivity contribution in [3.63, 3.8) is 0 Å². The lowest BCUT2D eigenvalue weighted by atomic mass is 9.90. The van der Waals surface area contributed by atoms with Crippen LogP contribution in [0.25, 0.3) is 10.8 Å². The van der Waals surface area contributed by atoms with E-state index < -0.39 is 24.6 Å². The fraction of sp³-hybridized carbons (Fsp3) is 0.304. The van der Waals surface area contributed by atoms with Crippen LogP contribution in [0.2, 0.25) is 0 Å². The average molecular weight is 438 g/mol. The molecule has 9 heteroatoms. The molecule has 2 aromatic rings. The number of phenolic OH excluding ortho intramolecular Hbond substituents is 1. The summed E-state index contributed by atoms with van der Waals surface area (Å²) in [6, 6.07) is 6.83. The van der Waals surface area contributed by atoms with E-state index in [1.807, 2.05) is 6.92 Å². The van der Waals surface area contributed by atoms with Crippen molar-refractivity contribution in [1.29, 1.82) is 0 Å². The van der Waals surface area contributed by atoms with Gasteiger partial charge in [0.25, 0.3) is 5.91 Å². The van der Waals surface area contributed by atoms with Crippen LogP contribution in [0.15, 0.2) is 53.3 Å². The van der Waals surface area contributed by atoms with E-state index in [0.29, 0.717) is 34.0 Å². The van der Waals surface area contributed by atoms with Gasteiger partial charge in [-0.25, -0.2) is 10.3 Å². The summed E-state index contributed by atoms with van der Waals surface area (Å²) in [4.78, 5) is 13.8. The van der Waals surface area contributed by atoms with Crippen LogP contribution in [-0.2, 0) is 4.79 Å². The minimum atomic E-state index is -1.05. The molecule has 0 fully saturated rings. The van der Waals surface area contributed by atoms with E-state index >= 15 is 0 Å². The smallest absolute Gasteiger partial charge is 0.287 e. The Kier molecular flexibility index (Phi) is 6.24. The van der Waals surface area contributed by atoms with Gasteiger partial charge >= 0.3 is 0 Å². The molecule has 0 bridgehead atoms. The van der Waals surface area contributed by atoms with Crippen LogP contribution < -0.4 is 10.7 Å². The standard InChI is InChI=1S/C23H26N4O5/c1-2-3-10-27-22(31)15-7-4-6-14-19(15)16(23(27)32)11-13(20(14)29)12-24-26-21(30)17-8-5-9-18(28)25-17/h4-9,11-12,18,22-23,25,28-29,31-32H,2-3,10H2,1H3,(H,26,30)/b24-12+. The third-order valence-corrected chi connectivity index (χ3v) is 5.65. The van der Waals surface area contributed by atoms with E-state index in [0.717, 1.165) is 12.8 Å². The number of aromatic hydroxyl groups is 1. The van der Waals surface area contributed by atoms with E-state index in [1.54, 1.807) is 35.2 Å². The second-order valence-electron chi connectivity index (χ2n) is 7.77. The maximum atomic E-state index is 12.2. The number of aliphatic hydroxyl groups is 3. The number of allylic oxidation sites excluding steroid dienone is 2. The fourth-order valence-corrected chi connectivity index (χ4v) is 4.02. The Morgan fingerprint density at radius 1 is 1.25 bits per heavy atom. The minimum absolute atomic E-state index is 0.0710. The molecule has 4 rings (SSSR count). The number of hydrazone groups is 1. The normalized spacial score (nSPS) is 22.8. The first-order valence-electron chi connectivity index (χ1n) is 10.5. The molecule has 0 spiro atoms. The van der Waals surface area contributed by atoms with E-state index in [1.165, 1.54) is 18.4 Å². The molecule has 0 aromatic heterocycles. The molecule has 9 nitrogen and oxygen atoms in total. The van der Waals surface area contributed by atoms with Crippen LogP contribution in [0.1, 0.15) is 48.9 Å². The topological polar surface area (TPSA) is 138 Å². The number of dihydropyridines is 1. The Morgan fingerprint density at radius 3 is 2.78 bits per heavy atom. The summed E-state index contributed by atoms with van der Waals surface area (Å²) < 4.78 is 0. The van der Waals surface area contributed by atoms with Gasteiger partial charge in [0.15, 0.2) is 0 Å². The van der Waals surface area contributed by atoms with E-state index in [-0.39, 0.29) is 11.4 Å². The molecule has 3 atom stereocenters. The first kappa shape index (κ1) is 22.0. The van der Waals surface area contributed by atoms with Crippen molar-refractivity contribution in [2.75, 3.05) is 6.54 Å². The van der Waals surface area contributed by atoms with Gasteiger partial charge in [0.05, 0.1) is 6.21 Å². The predicted molar refractivity (Wildman–Crippen MR) is 119 cm³/mol. The number of carbonyl (C=O) groups excluding carboxylic acids is 1. The highest BCUT2D eigenvalue weighted by Gasteiger charge is 2.34. The molecule has 0 aliphatic carbocycles. The maximum absolute atomic E-state index is 12.2. The molecule has 168 valence electrons. The molecule has 0 radical (unpaired) electrons. The van der Waals surface area contributed by atoms with Crippen LogP contribution in [-0.4, -0.2) is 50.2 Å². The molecule has 2 aliphatic rings. The van der Waals surface area contributed by atoms with Crippen molar-refractivity contribution in [2.45, 2.75) is 38.4 Å². The Bertz CT molecular complexity index is 1130. The largest absolute Gasteiger partial charge is 0.507 e. The lowest BCUT2D eigenvalue weighted by Crippen LogP contribution is -2.37. The highest BCUT2D eigenvalue weighted by atomic mass is 16.3. The molecule has 0 saturated heterocycles. The molecular weight excluding hydrogens is 412 g/mol. The Hall–Kier alpha value is -3.24. The monoisotopic (exact) mass is 438 g/mol. The van der Waals surface area contributed by atoms with Crippen LogP contribution in [0, 0.1) is 0 Å². The number of unbranched alkanes of at least 4 members (excludes halogenated alkanes) is 1. The van der Waals surface area contributed by atoms with Gasteiger partial charge < -0.3 is 25.7 Å². The van der Waals surface area contributed by atoms with Gasteiger partial charge in [0, 0.05) is 28.6 Å². The lowest BCUT2D eigenvalue weighted by molar-refractivity contribution is -0.118. The number of phenols is 1. The van der Waals surface area contributed by atoms with Crippen molar-refractivity contribution in [2.24, 2.45) is 5.10 Å². The average Bonchev–Trinajstić information content (AvgIpc) is 2.79. The molecule has 32 heavy (non-hydrogen) atoms. The molecular formula is C23H26N4O5. The number of benzene rings is 2. The van der Waals surface area contributed by atoms with Crippen molar-refractivity contribution in [3.05, 3.63) is 64.9 Å². The summed E-state index contributed by atoms with van der Waals surface area (Å²) >= 11 is 0. The van der Waals surface area contributed by atoms with E-state index in [9.17, 15) is 25.2 Å². The first-order valence-corrected chi connectivity index (χ1v) is 10.5. The predicted octanol–water partition coefficient (Wildman–Crippen LogP) is 1.45. The zero-order valence-electron chi connectivity index (χ0n) is 17.6. The van der Waals surface area contributed by atoms with Gasteiger partial charge in [0.2, 0.25) is 0 Å². The highest BCUT2D eigenvalue weighted by molar-refractivity contribution is 6.01. The first-order chi connectivity index (χ1) is 15.4. The zero-order valence-corrected chi connectivity index (χ0v) is 17.6. The summed E-state index contributed by atoms with van der Waals surface area (Å²) in [5.41, 5.74) is 3.97. The molecule has 0 saturated carbocycles. The second kappa shape index (κ2) is 9.09. The van der Waals surface area contributed by atoms with Gasteiger partial charge in [-0.05, 0) is 30.0 Å². The van der Waals surface area contributed by atoms with Gasteiger partial charge in [-0.1, -0.05) is 37.6 Å². The number of nitrogens with one attached hydrogen (secondary N) is 2. The van der Waals surface area contributed by atoms with Gasteiger partial charge in [-0.15, -0.1) is 0 Å². The SMILES string of the molecule is CCCCN1C(O)c2cccc3c(O)c(/C=N/NC(=O)C4=CC=CC(O)N4)cc(c23)C1O. The Morgan fingerprint density at radius 2 is 2.03 bits per heavy atom. The van der Waals surface area contributed by atoms with Crippen molar-refractivity contribution < 1.29 is 25.2 Å². The van der Waals surface area contributed by atoms with Gasteiger partial charge in [-0.3, -0.25) is 4.79 Å². The van der Waals surface area contributed by atoms with Gasteiger partial charge in [0.1, 0.15) is 30.1 Å². The molecule has 2 heterocycles. The van der Waals surface area contributed by atoms with Crippen molar-refractivity contribution in [1.82, 2.24) is 15.6 Å². The zero-order chi connectivity index (χ0) is 22.8. The summed E-state index contributed by atoms with van der Waals surface area (Å²) in [5.74, 6) is -0.624. The summed E-state index contributed by atoms with van der Waals surface area (Å²) in [6.45, 7) is 2.55.